The van der Waals surface area contributed by atoms with Gasteiger partial charge in [-0.15, -0.1) is 11.8 Å². The van der Waals surface area contributed by atoms with Crippen LogP contribution >= 0.6 is 11.8 Å². The van der Waals surface area contributed by atoms with Gasteiger partial charge in [-0.2, -0.15) is 0 Å². The zero-order chi connectivity index (χ0) is 14.2. The number of hydrogen-bond acceptors (Lipinski definition) is 4. The summed E-state index contributed by atoms with van der Waals surface area (Å²) in [5.74, 6) is 1.15. The number of hydrogen-bond donors (Lipinski definition) is 0. The lowest BCUT2D eigenvalue weighted by Crippen LogP contribution is -2.04. The Morgan fingerprint density at radius 3 is 2.60 bits per heavy atom. The SMILES string of the molecule is COC(OC)c1ccc(SCCCC2CCCO2)cc1. The molecule has 1 aromatic carbocycles. The Morgan fingerprint density at radius 2 is 2.00 bits per heavy atom. The Hall–Kier alpha value is -0.550. The average Bonchev–Trinajstić information content (AvgIpc) is 3.00. The summed E-state index contributed by atoms with van der Waals surface area (Å²) in [4.78, 5) is 1.30. The van der Waals surface area contributed by atoms with Crippen molar-refractivity contribution < 1.29 is 14.2 Å². The van der Waals surface area contributed by atoms with E-state index in [9.17, 15) is 0 Å². The standard InChI is InChI=1S/C16H24O3S/c1-17-16(18-2)13-7-9-15(10-8-13)20-12-4-6-14-5-3-11-19-14/h7-10,14,16H,3-6,11-12H2,1-2H3. The molecule has 0 saturated carbocycles. The molecule has 3 nitrogen and oxygen atoms in total. The third-order valence-corrected chi connectivity index (χ3v) is 4.64. The number of ether oxygens (including phenoxy) is 3. The van der Waals surface area contributed by atoms with E-state index in [0.717, 1.165) is 17.9 Å². The van der Waals surface area contributed by atoms with Crippen molar-refractivity contribution in [2.45, 2.75) is 43.0 Å². The normalized spacial score (nSPS) is 18.9. The molecule has 1 fully saturated rings. The molecule has 0 aromatic heterocycles. The fourth-order valence-electron chi connectivity index (χ4n) is 2.46. The van der Waals surface area contributed by atoms with Gasteiger partial charge >= 0.3 is 0 Å². The first-order chi connectivity index (χ1) is 9.83. The van der Waals surface area contributed by atoms with Crippen LogP contribution < -0.4 is 0 Å². The molecule has 1 heterocycles. The van der Waals surface area contributed by atoms with E-state index in [2.05, 4.69) is 24.3 Å². The fraction of sp³-hybridized carbons (Fsp3) is 0.625. The van der Waals surface area contributed by atoms with Gasteiger partial charge in [0, 0.05) is 31.3 Å². The first kappa shape index (κ1) is 15.8. The van der Waals surface area contributed by atoms with Crippen LogP contribution in [0.3, 0.4) is 0 Å². The minimum atomic E-state index is -0.270. The smallest absolute Gasteiger partial charge is 0.183 e. The molecule has 1 aliphatic heterocycles. The predicted octanol–water partition coefficient (Wildman–Crippen LogP) is 4.03. The number of benzene rings is 1. The molecule has 0 spiro atoms. The van der Waals surface area contributed by atoms with Crippen LogP contribution in [0.1, 0.15) is 37.5 Å². The molecule has 2 rings (SSSR count). The van der Waals surface area contributed by atoms with E-state index < -0.39 is 0 Å². The molecule has 20 heavy (non-hydrogen) atoms. The van der Waals surface area contributed by atoms with E-state index in [4.69, 9.17) is 14.2 Å². The van der Waals surface area contributed by atoms with Crippen LogP contribution in [0.5, 0.6) is 0 Å². The van der Waals surface area contributed by atoms with Crippen LogP contribution in [0.15, 0.2) is 29.2 Å². The molecule has 0 aliphatic carbocycles. The Bertz CT molecular complexity index is 370. The molecular formula is C16H24O3S. The van der Waals surface area contributed by atoms with E-state index in [1.165, 1.54) is 30.6 Å². The summed E-state index contributed by atoms with van der Waals surface area (Å²) in [7, 11) is 3.31. The van der Waals surface area contributed by atoms with E-state index in [0.29, 0.717) is 6.10 Å². The Kier molecular flexibility index (Phi) is 6.87. The average molecular weight is 296 g/mol. The van der Waals surface area contributed by atoms with Gasteiger partial charge in [0.25, 0.3) is 0 Å². The van der Waals surface area contributed by atoms with Crippen molar-refractivity contribution in [2.24, 2.45) is 0 Å². The van der Waals surface area contributed by atoms with Crippen LogP contribution in [0.25, 0.3) is 0 Å². The summed E-state index contributed by atoms with van der Waals surface area (Å²) >= 11 is 1.90. The number of rotatable bonds is 8. The first-order valence-corrected chi connectivity index (χ1v) is 8.22. The summed E-state index contributed by atoms with van der Waals surface area (Å²) < 4.78 is 16.1. The second-order valence-corrected chi connectivity index (χ2v) is 6.17. The Balaban J connectivity index is 1.70. The highest BCUT2D eigenvalue weighted by atomic mass is 32.2. The summed E-state index contributed by atoms with van der Waals surface area (Å²) in [6, 6.07) is 8.41. The number of methoxy groups -OCH3 is 2. The maximum absolute atomic E-state index is 5.63. The van der Waals surface area contributed by atoms with Crippen molar-refractivity contribution in [3.8, 4) is 0 Å². The third kappa shape index (κ3) is 4.77. The van der Waals surface area contributed by atoms with Gasteiger partial charge in [0.2, 0.25) is 0 Å². The van der Waals surface area contributed by atoms with Gasteiger partial charge in [-0.25, -0.2) is 0 Å². The molecule has 1 atom stereocenters. The minimum Gasteiger partial charge on any atom is -0.378 e. The monoisotopic (exact) mass is 296 g/mol. The van der Waals surface area contributed by atoms with E-state index in [1.54, 1.807) is 14.2 Å². The van der Waals surface area contributed by atoms with Crippen LogP contribution in [0.2, 0.25) is 0 Å². The maximum atomic E-state index is 5.63. The molecule has 0 radical (unpaired) electrons. The van der Waals surface area contributed by atoms with Crippen molar-refractivity contribution in [1.82, 2.24) is 0 Å². The van der Waals surface area contributed by atoms with E-state index >= 15 is 0 Å². The van der Waals surface area contributed by atoms with E-state index in [-0.39, 0.29) is 6.29 Å². The summed E-state index contributed by atoms with van der Waals surface area (Å²) in [6.07, 6.45) is 5.14. The maximum Gasteiger partial charge on any atom is 0.183 e. The third-order valence-electron chi connectivity index (χ3n) is 3.54. The molecule has 1 unspecified atom stereocenters. The van der Waals surface area contributed by atoms with Gasteiger partial charge in [-0.05, 0) is 43.6 Å². The quantitative estimate of drug-likeness (QED) is 0.411. The van der Waals surface area contributed by atoms with E-state index in [1.807, 2.05) is 11.8 Å². The number of thioether (sulfide) groups is 1. The highest BCUT2D eigenvalue weighted by Gasteiger charge is 2.14. The molecule has 1 saturated heterocycles. The lowest BCUT2D eigenvalue weighted by atomic mass is 10.1. The van der Waals surface area contributed by atoms with Crippen LogP contribution in [-0.2, 0) is 14.2 Å². The highest BCUT2D eigenvalue weighted by molar-refractivity contribution is 7.99. The molecule has 112 valence electrons. The van der Waals surface area contributed by atoms with Crippen molar-refractivity contribution in [1.29, 1.82) is 0 Å². The van der Waals surface area contributed by atoms with Crippen LogP contribution in [0, 0.1) is 0 Å². The lowest BCUT2D eigenvalue weighted by molar-refractivity contribution is -0.106. The van der Waals surface area contributed by atoms with Crippen molar-refractivity contribution in [3.63, 3.8) is 0 Å². The summed E-state index contributed by atoms with van der Waals surface area (Å²) in [6.45, 7) is 0.958. The molecule has 0 amide bonds. The van der Waals surface area contributed by atoms with Crippen molar-refractivity contribution in [3.05, 3.63) is 29.8 Å². The molecular weight excluding hydrogens is 272 g/mol. The minimum absolute atomic E-state index is 0.270. The molecule has 1 aromatic rings. The zero-order valence-corrected chi connectivity index (χ0v) is 13.2. The second kappa shape index (κ2) is 8.67. The van der Waals surface area contributed by atoms with Gasteiger partial charge < -0.3 is 14.2 Å². The van der Waals surface area contributed by atoms with Gasteiger partial charge in [0.15, 0.2) is 6.29 Å². The second-order valence-electron chi connectivity index (χ2n) is 5.00. The molecule has 4 heteroatoms. The van der Waals surface area contributed by atoms with Crippen LogP contribution in [0.4, 0.5) is 0 Å². The van der Waals surface area contributed by atoms with Crippen molar-refractivity contribution >= 4 is 11.8 Å². The first-order valence-electron chi connectivity index (χ1n) is 7.23. The van der Waals surface area contributed by atoms with Gasteiger partial charge in [0.05, 0.1) is 6.10 Å². The largest absolute Gasteiger partial charge is 0.378 e. The topological polar surface area (TPSA) is 27.7 Å². The lowest BCUT2D eigenvalue weighted by Gasteiger charge is -2.14. The summed E-state index contributed by atoms with van der Waals surface area (Å²) in [5, 5.41) is 0. The summed E-state index contributed by atoms with van der Waals surface area (Å²) in [5.41, 5.74) is 1.05. The Labute approximate surface area is 126 Å². The Morgan fingerprint density at radius 1 is 1.25 bits per heavy atom. The van der Waals surface area contributed by atoms with Gasteiger partial charge in [-0.3, -0.25) is 0 Å². The predicted molar refractivity (Wildman–Crippen MR) is 82.1 cm³/mol. The molecule has 0 bridgehead atoms. The fourth-order valence-corrected chi connectivity index (χ4v) is 3.34. The molecule has 1 aliphatic rings. The molecule has 0 N–H and O–H groups in total. The highest BCUT2D eigenvalue weighted by Crippen LogP contribution is 2.25. The van der Waals surface area contributed by atoms with Gasteiger partial charge in [0.1, 0.15) is 0 Å². The van der Waals surface area contributed by atoms with Gasteiger partial charge in [-0.1, -0.05) is 12.1 Å². The van der Waals surface area contributed by atoms with Crippen LogP contribution in [-0.4, -0.2) is 32.7 Å². The zero-order valence-electron chi connectivity index (χ0n) is 12.3. The van der Waals surface area contributed by atoms with Crippen molar-refractivity contribution in [2.75, 3.05) is 26.6 Å².